The zero-order chi connectivity index (χ0) is 13.8. The quantitative estimate of drug-likeness (QED) is 0.848. The highest BCUT2D eigenvalue weighted by Crippen LogP contribution is 2.28. The Morgan fingerprint density at radius 2 is 2.16 bits per heavy atom. The van der Waals surface area contributed by atoms with Crippen molar-refractivity contribution in [2.45, 2.75) is 6.42 Å². The predicted molar refractivity (Wildman–Crippen MR) is 75.0 cm³/mol. The van der Waals surface area contributed by atoms with Crippen molar-refractivity contribution >= 4 is 22.5 Å². The van der Waals surface area contributed by atoms with E-state index in [1.807, 2.05) is 12.1 Å². The maximum Gasteiger partial charge on any atom is 0.225 e. The summed E-state index contributed by atoms with van der Waals surface area (Å²) >= 11 is 0. The molecule has 0 bridgehead atoms. The van der Waals surface area contributed by atoms with Gasteiger partial charge in [0.15, 0.2) is 0 Å². The second kappa shape index (κ2) is 5.56. The smallest absolute Gasteiger partial charge is 0.225 e. The van der Waals surface area contributed by atoms with E-state index in [1.165, 1.54) is 0 Å². The zero-order valence-electron chi connectivity index (χ0n) is 11.1. The summed E-state index contributed by atoms with van der Waals surface area (Å²) < 4.78 is 5.63. The number of rotatable bonds is 4. The van der Waals surface area contributed by atoms with E-state index >= 15 is 0 Å². The van der Waals surface area contributed by atoms with Gasteiger partial charge in [-0.3, -0.25) is 9.78 Å². The molecule has 0 atom stereocenters. The average Bonchev–Trinajstić information content (AvgIpc) is 2.41. The van der Waals surface area contributed by atoms with Crippen molar-refractivity contribution in [3.05, 3.63) is 30.5 Å². The Hall–Kier alpha value is -2.30. The van der Waals surface area contributed by atoms with E-state index in [1.54, 1.807) is 37.3 Å². The van der Waals surface area contributed by atoms with E-state index in [0.717, 1.165) is 10.9 Å². The molecule has 0 spiro atoms. The van der Waals surface area contributed by atoms with Gasteiger partial charge < -0.3 is 15.4 Å². The van der Waals surface area contributed by atoms with E-state index in [2.05, 4.69) is 4.98 Å². The number of nitrogens with two attached hydrogens (primary N) is 1. The molecule has 1 amide bonds. The van der Waals surface area contributed by atoms with Crippen LogP contribution in [0.25, 0.3) is 10.9 Å². The third-order valence-electron chi connectivity index (χ3n) is 2.84. The minimum Gasteiger partial charge on any atom is -0.491 e. The van der Waals surface area contributed by atoms with Gasteiger partial charge in [-0.25, -0.2) is 0 Å². The lowest BCUT2D eigenvalue weighted by Crippen LogP contribution is -2.23. The SMILES string of the molecule is CN(C)C(=O)CCOc1ccc(N)c2cccnc12. The number of ether oxygens (including phenoxy) is 1. The van der Waals surface area contributed by atoms with Crippen LogP contribution in [0.2, 0.25) is 0 Å². The molecule has 2 aromatic rings. The minimum atomic E-state index is 0.0349. The molecule has 19 heavy (non-hydrogen) atoms. The van der Waals surface area contributed by atoms with Crippen molar-refractivity contribution in [1.82, 2.24) is 9.88 Å². The number of hydrogen-bond acceptors (Lipinski definition) is 4. The first kappa shape index (κ1) is 13.1. The zero-order valence-corrected chi connectivity index (χ0v) is 11.1. The fraction of sp³-hybridized carbons (Fsp3) is 0.286. The van der Waals surface area contributed by atoms with Crippen molar-refractivity contribution in [3.63, 3.8) is 0 Å². The lowest BCUT2D eigenvalue weighted by molar-refractivity contribution is -0.129. The van der Waals surface area contributed by atoms with Crippen LogP contribution in [0.1, 0.15) is 6.42 Å². The van der Waals surface area contributed by atoms with Gasteiger partial charge in [-0.2, -0.15) is 0 Å². The number of amides is 1. The van der Waals surface area contributed by atoms with Crippen LogP contribution in [0.3, 0.4) is 0 Å². The summed E-state index contributed by atoms with van der Waals surface area (Å²) in [5.41, 5.74) is 7.27. The largest absolute Gasteiger partial charge is 0.491 e. The van der Waals surface area contributed by atoms with Crippen molar-refractivity contribution in [2.24, 2.45) is 0 Å². The van der Waals surface area contributed by atoms with E-state index in [0.29, 0.717) is 24.5 Å². The second-order valence-corrected chi connectivity index (χ2v) is 4.44. The molecule has 0 aliphatic heterocycles. The molecule has 1 heterocycles. The Morgan fingerprint density at radius 1 is 1.37 bits per heavy atom. The fourth-order valence-corrected chi connectivity index (χ4v) is 1.76. The highest BCUT2D eigenvalue weighted by molar-refractivity contribution is 5.94. The third kappa shape index (κ3) is 2.93. The Labute approximate surface area is 112 Å². The molecule has 2 rings (SSSR count). The van der Waals surface area contributed by atoms with Gasteiger partial charge in [-0.15, -0.1) is 0 Å². The maximum atomic E-state index is 11.5. The number of anilines is 1. The van der Waals surface area contributed by atoms with Crippen LogP contribution in [-0.2, 0) is 4.79 Å². The monoisotopic (exact) mass is 259 g/mol. The van der Waals surface area contributed by atoms with Crippen LogP contribution in [0.15, 0.2) is 30.5 Å². The van der Waals surface area contributed by atoms with Crippen molar-refractivity contribution in [2.75, 3.05) is 26.4 Å². The van der Waals surface area contributed by atoms with Crippen LogP contribution in [0, 0.1) is 0 Å². The number of nitrogen functional groups attached to an aromatic ring is 1. The van der Waals surface area contributed by atoms with Gasteiger partial charge >= 0.3 is 0 Å². The Morgan fingerprint density at radius 3 is 2.89 bits per heavy atom. The van der Waals surface area contributed by atoms with Crippen molar-refractivity contribution < 1.29 is 9.53 Å². The van der Waals surface area contributed by atoms with E-state index < -0.39 is 0 Å². The molecule has 0 fully saturated rings. The van der Waals surface area contributed by atoms with E-state index in [9.17, 15) is 4.79 Å². The van der Waals surface area contributed by atoms with Gasteiger partial charge in [-0.1, -0.05) is 0 Å². The van der Waals surface area contributed by atoms with Gasteiger partial charge in [-0.05, 0) is 24.3 Å². The lowest BCUT2D eigenvalue weighted by Gasteiger charge is -2.12. The number of carbonyl (C=O) groups excluding carboxylic acids is 1. The number of nitrogens with zero attached hydrogens (tertiary/aromatic N) is 2. The molecule has 1 aromatic carbocycles. The fourth-order valence-electron chi connectivity index (χ4n) is 1.76. The van der Waals surface area contributed by atoms with Crippen LogP contribution < -0.4 is 10.5 Å². The highest BCUT2D eigenvalue weighted by atomic mass is 16.5. The number of pyridine rings is 1. The summed E-state index contributed by atoms with van der Waals surface area (Å²) in [5, 5.41) is 0.860. The van der Waals surface area contributed by atoms with Gasteiger partial charge in [0.1, 0.15) is 11.3 Å². The molecule has 100 valence electrons. The molecule has 0 saturated heterocycles. The predicted octanol–water partition coefficient (Wildman–Crippen LogP) is 1.67. The Balaban J connectivity index is 2.13. The first-order valence-electron chi connectivity index (χ1n) is 6.06. The van der Waals surface area contributed by atoms with Crippen molar-refractivity contribution in [3.8, 4) is 5.75 Å². The van der Waals surface area contributed by atoms with Gasteiger partial charge in [0.05, 0.1) is 13.0 Å². The number of aromatic nitrogens is 1. The molecule has 5 nitrogen and oxygen atoms in total. The number of carbonyl (C=O) groups is 1. The second-order valence-electron chi connectivity index (χ2n) is 4.44. The summed E-state index contributed by atoms with van der Waals surface area (Å²) in [6.07, 6.45) is 2.03. The lowest BCUT2D eigenvalue weighted by atomic mass is 10.1. The summed E-state index contributed by atoms with van der Waals surface area (Å²) in [4.78, 5) is 17.3. The number of fused-ring (bicyclic) bond motifs is 1. The average molecular weight is 259 g/mol. The van der Waals surface area contributed by atoms with E-state index in [4.69, 9.17) is 10.5 Å². The molecule has 0 unspecified atom stereocenters. The number of benzene rings is 1. The van der Waals surface area contributed by atoms with Crippen molar-refractivity contribution in [1.29, 1.82) is 0 Å². The molecule has 5 heteroatoms. The van der Waals surface area contributed by atoms with Crippen LogP contribution in [-0.4, -0.2) is 36.5 Å². The number of hydrogen-bond donors (Lipinski definition) is 1. The molecule has 1 aromatic heterocycles. The highest BCUT2D eigenvalue weighted by Gasteiger charge is 2.08. The van der Waals surface area contributed by atoms with Crippen LogP contribution >= 0.6 is 0 Å². The van der Waals surface area contributed by atoms with E-state index in [-0.39, 0.29) is 5.91 Å². The summed E-state index contributed by atoms with van der Waals surface area (Å²) in [6, 6.07) is 7.30. The molecular weight excluding hydrogens is 242 g/mol. The maximum absolute atomic E-state index is 11.5. The first-order chi connectivity index (χ1) is 9.09. The standard InChI is InChI=1S/C14H17N3O2/c1-17(2)13(18)7-9-19-12-6-5-11(15)10-4-3-8-16-14(10)12/h3-6,8H,7,9,15H2,1-2H3. The van der Waals surface area contributed by atoms with Gasteiger partial charge in [0.25, 0.3) is 0 Å². The normalized spacial score (nSPS) is 10.4. The Bertz CT molecular complexity index is 596. The van der Waals surface area contributed by atoms with Gasteiger partial charge in [0.2, 0.25) is 5.91 Å². The molecule has 0 saturated carbocycles. The summed E-state index contributed by atoms with van der Waals surface area (Å²) in [7, 11) is 3.45. The van der Waals surface area contributed by atoms with Crippen LogP contribution in [0.4, 0.5) is 5.69 Å². The molecule has 0 radical (unpaired) electrons. The molecule has 2 N–H and O–H groups in total. The topological polar surface area (TPSA) is 68.5 Å². The third-order valence-corrected chi connectivity index (χ3v) is 2.84. The minimum absolute atomic E-state index is 0.0349. The molecular formula is C14H17N3O2. The summed E-state index contributed by atoms with van der Waals surface area (Å²) in [6.45, 7) is 0.326. The molecule has 0 aliphatic rings. The Kier molecular flexibility index (Phi) is 3.85. The van der Waals surface area contributed by atoms with Gasteiger partial charge in [0, 0.05) is 31.4 Å². The summed E-state index contributed by atoms with van der Waals surface area (Å²) in [5.74, 6) is 0.684. The van der Waals surface area contributed by atoms with Crippen LogP contribution in [0.5, 0.6) is 5.75 Å². The first-order valence-corrected chi connectivity index (χ1v) is 6.06. The molecule has 0 aliphatic carbocycles.